The molecule has 0 fully saturated rings. The summed E-state index contributed by atoms with van der Waals surface area (Å²) in [7, 11) is 0. The molecule has 0 atom stereocenters. The molecule has 1 amide bonds. The summed E-state index contributed by atoms with van der Waals surface area (Å²) in [5, 5.41) is 0. The smallest absolute Gasteiger partial charge is 0.257 e. The Balaban J connectivity index is 2.06. The topological polar surface area (TPSA) is 23.6 Å². The Morgan fingerprint density at radius 2 is 1.78 bits per heavy atom. The van der Waals surface area contributed by atoms with Crippen molar-refractivity contribution < 1.29 is 4.79 Å². The first kappa shape index (κ1) is 17.7. The van der Waals surface area contributed by atoms with Gasteiger partial charge in [-0.05, 0) is 63.9 Å². The highest BCUT2D eigenvalue weighted by molar-refractivity contribution is 5.95. The van der Waals surface area contributed by atoms with Gasteiger partial charge in [0.1, 0.15) is 0 Å². The Hall–Kier alpha value is -1.61. The molecule has 0 aliphatic heterocycles. The average molecular weight is 314 g/mol. The number of allylic oxidation sites excluding steroid dienone is 2. The van der Waals surface area contributed by atoms with Gasteiger partial charge < -0.3 is 9.80 Å². The Morgan fingerprint density at radius 3 is 2.39 bits per heavy atom. The van der Waals surface area contributed by atoms with Crippen molar-refractivity contribution in [2.24, 2.45) is 0 Å². The van der Waals surface area contributed by atoms with Crippen LogP contribution < -0.4 is 0 Å². The summed E-state index contributed by atoms with van der Waals surface area (Å²) >= 11 is 0. The summed E-state index contributed by atoms with van der Waals surface area (Å²) in [5.41, 5.74) is 2.02. The lowest BCUT2D eigenvalue weighted by molar-refractivity contribution is 0.0792. The summed E-state index contributed by atoms with van der Waals surface area (Å²) in [6, 6.07) is 9.68. The van der Waals surface area contributed by atoms with Crippen molar-refractivity contribution in [1.82, 2.24) is 9.80 Å². The van der Waals surface area contributed by atoms with Crippen molar-refractivity contribution in [3.63, 3.8) is 0 Å². The third-order valence-electron chi connectivity index (χ3n) is 4.63. The van der Waals surface area contributed by atoms with Gasteiger partial charge >= 0.3 is 0 Å². The number of nitrogens with zero attached hydrogens (tertiary/aromatic N) is 2. The number of amides is 1. The molecule has 0 heterocycles. The quantitative estimate of drug-likeness (QED) is 0.713. The van der Waals surface area contributed by atoms with Crippen LogP contribution in [0.2, 0.25) is 0 Å². The average Bonchev–Trinajstić information content (AvgIpc) is 2.63. The molecular weight excluding hydrogens is 284 g/mol. The van der Waals surface area contributed by atoms with E-state index in [-0.39, 0.29) is 5.91 Å². The first-order valence-electron chi connectivity index (χ1n) is 9.04. The molecule has 3 nitrogen and oxygen atoms in total. The van der Waals surface area contributed by atoms with Crippen molar-refractivity contribution in [3.8, 4) is 0 Å². The lowest BCUT2D eigenvalue weighted by atomic mass is 10.0. The van der Waals surface area contributed by atoms with Crippen molar-refractivity contribution in [2.45, 2.75) is 46.0 Å². The largest absolute Gasteiger partial charge is 0.312 e. The minimum absolute atomic E-state index is 0.151. The van der Waals surface area contributed by atoms with Gasteiger partial charge in [-0.1, -0.05) is 38.1 Å². The van der Waals surface area contributed by atoms with Gasteiger partial charge in [0.15, 0.2) is 0 Å². The zero-order valence-electron chi connectivity index (χ0n) is 14.6. The van der Waals surface area contributed by atoms with E-state index >= 15 is 0 Å². The van der Waals surface area contributed by atoms with Crippen LogP contribution in [-0.2, 0) is 0 Å². The molecule has 0 radical (unpaired) electrons. The molecule has 0 spiro atoms. The molecule has 1 aromatic carbocycles. The number of carbonyl (C=O) groups is 1. The molecule has 126 valence electrons. The van der Waals surface area contributed by atoms with E-state index in [4.69, 9.17) is 0 Å². The van der Waals surface area contributed by atoms with Crippen LogP contribution in [0.1, 0.15) is 56.3 Å². The number of benzene rings is 1. The standard InChI is InChI=1S/C20H30N2O/c1-3-21(4-2)16-11-17-22(19-14-9-6-10-15-19)20(23)18-12-7-5-8-13-18/h5,7-8,12-14H,3-4,6,9-11,15-17H2,1-2H3. The summed E-state index contributed by atoms with van der Waals surface area (Å²) in [4.78, 5) is 17.4. The Bertz CT molecular complexity index is 506. The number of hydrogen-bond acceptors (Lipinski definition) is 2. The van der Waals surface area contributed by atoms with E-state index in [2.05, 4.69) is 24.8 Å². The van der Waals surface area contributed by atoms with Gasteiger partial charge in [0.05, 0.1) is 0 Å². The second-order valence-electron chi connectivity index (χ2n) is 6.14. The molecule has 1 aromatic rings. The normalized spacial score (nSPS) is 14.7. The molecule has 0 unspecified atom stereocenters. The predicted molar refractivity (Wildman–Crippen MR) is 96.4 cm³/mol. The van der Waals surface area contributed by atoms with Crippen molar-refractivity contribution in [3.05, 3.63) is 47.7 Å². The zero-order chi connectivity index (χ0) is 16.5. The second-order valence-corrected chi connectivity index (χ2v) is 6.14. The van der Waals surface area contributed by atoms with Crippen molar-refractivity contribution in [1.29, 1.82) is 0 Å². The van der Waals surface area contributed by atoms with E-state index < -0.39 is 0 Å². The van der Waals surface area contributed by atoms with Crippen LogP contribution in [0, 0.1) is 0 Å². The van der Waals surface area contributed by atoms with E-state index in [1.807, 2.05) is 35.2 Å². The van der Waals surface area contributed by atoms with Crippen LogP contribution in [0.25, 0.3) is 0 Å². The van der Waals surface area contributed by atoms with E-state index in [0.717, 1.165) is 51.0 Å². The van der Waals surface area contributed by atoms with E-state index in [1.165, 1.54) is 18.5 Å². The fourth-order valence-electron chi connectivity index (χ4n) is 3.17. The van der Waals surface area contributed by atoms with Crippen LogP contribution in [-0.4, -0.2) is 41.9 Å². The van der Waals surface area contributed by atoms with Gasteiger partial charge in [0, 0.05) is 17.8 Å². The fraction of sp³-hybridized carbons (Fsp3) is 0.550. The first-order chi connectivity index (χ1) is 11.3. The van der Waals surface area contributed by atoms with Crippen molar-refractivity contribution in [2.75, 3.05) is 26.2 Å². The maximum atomic E-state index is 12.9. The highest BCUT2D eigenvalue weighted by Crippen LogP contribution is 2.23. The lowest BCUT2D eigenvalue weighted by Crippen LogP contribution is -2.34. The highest BCUT2D eigenvalue weighted by atomic mass is 16.2. The van der Waals surface area contributed by atoms with Gasteiger partial charge in [0.2, 0.25) is 0 Å². The van der Waals surface area contributed by atoms with Crippen LogP contribution in [0.15, 0.2) is 42.1 Å². The van der Waals surface area contributed by atoms with E-state index in [9.17, 15) is 4.79 Å². The molecule has 2 rings (SSSR count). The van der Waals surface area contributed by atoms with E-state index in [1.54, 1.807) is 0 Å². The van der Waals surface area contributed by atoms with Gasteiger partial charge in [-0.2, -0.15) is 0 Å². The molecule has 1 aliphatic rings. The third-order valence-corrected chi connectivity index (χ3v) is 4.63. The number of hydrogen-bond donors (Lipinski definition) is 0. The van der Waals surface area contributed by atoms with Gasteiger partial charge in [-0.3, -0.25) is 4.79 Å². The van der Waals surface area contributed by atoms with Gasteiger partial charge in [-0.15, -0.1) is 0 Å². The maximum Gasteiger partial charge on any atom is 0.257 e. The number of carbonyl (C=O) groups excluding carboxylic acids is 1. The van der Waals surface area contributed by atoms with Crippen LogP contribution >= 0.6 is 0 Å². The minimum Gasteiger partial charge on any atom is -0.312 e. The molecule has 3 heteroatoms. The van der Waals surface area contributed by atoms with Crippen LogP contribution in [0.5, 0.6) is 0 Å². The third kappa shape index (κ3) is 5.21. The van der Waals surface area contributed by atoms with Gasteiger partial charge in [-0.25, -0.2) is 0 Å². The van der Waals surface area contributed by atoms with Gasteiger partial charge in [0.25, 0.3) is 5.91 Å². The summed E-state index contributed by atoms with van der Waals surface area (Å²) in [6.45, 7) is 8.41. The Morgan fingerprint density at radius 1 is 1.04 bits per heavy atom. The minimum atomic E-state index is 0.151. The monoisotopic (exact) mass is 314 g/mol. The summed E-state index contributed by atoms with van der Waals surface area (Å²) in [6.07, 6.45) is 7.86. The van der Waals surface area contributed by atoms with Crippen molar-refractivity contribution >= 4 is 5.91 Å². The predicted octanol–water partition coefficient (Wildman–Crippen LogP) is 4.32. The van der Waals surface area contributed by atoms with E-state index in [0.29, 0.717) is 0 Å². The second kappa shape index (κ2) is 9.51. The molecule has 0 saturated carbocycles. The zero-order valence-corrected chi connectivity index (χ0v) is 14.6. The molecule has 0 N–H and O–H groups in total. The molecular formula is C20H30N2O. The SMILES string of the molecule is CCN(CC)CCCN(C(=O)c1ccccc1)C1=CCCCC1. The fourth-order valence-corrected chi connectivity index (χ4v) is 3.17. The Labute approximate surface area is 141 Å². The molecule has 23 heavy (non-hydrogen) atoms. The molecule has 1 aliphatic carbocycles. The summed E-state index contributed by atoms with van der Waals surface area (Å²) in [5.74, 6) is 0.151. The maximum absolute atomic E-state index is 12.9. The van der Waals surface area contributed by atoms with Crippen LogP contribution in [0.4, 0.5) is 0 Å². The van der Waals surface area contributed by atoms with Crippen LogP contribution in [0.3, 0.4) is 0 Å². The molecule has 0 aromatic heterocycles. The summed E-state index contributed by atoms with van der Waals surface area (Å²) < 4.78 is 0. The highest BCUT2D eigenvalue weighted by Gasteiger charge is 2.20. The number of rotatable bonds is 8. The molecule has 0 bridgehead atoms. The molecule has 0 saturated heterocycles. The first-order valence-corrected chi connectivity index (χ1v) is 9.04. The lowest BCUT2D eigenvalue weighted by Gasteiger charge is -2.29. The Kier molecular flexibility index (Phi) is 7.34.